The topological polar surface area (TPSA) is 60.5 Å². The summed E-state index contributed by atoms with van der Waals surface area (Å²) in [5, 5.41) is 3.42. The quantitative estimate of drug-likeness (QED) is 0.551. The fourth-order valence-corrected chi connectivity index (χ4v) is 3.86. The zero-order chi connectivity index (χ0) is 18.2. The second-order valence-electron chi connectivity index (χ2n) is 6.09. The molecule has 132 valence electrons. The Morgan fingerprint density at radius 2 is 1.63 bits per heavy atom. The first kappa shape index (κ1) is 15.8. The number of rotatable bonds is 3. The highest BCUT2D eigenvalue weighted by molar-refractivity contribution is 7.22. The smallest absolute Gasteiger partial charge is 0.257 e. The number of hydrogen-bond acceptors (Lipinski definition) is 5. The van der Waals surface area contributed by atoms with E-state index in [2.05, 4.69) is 10.3 Å². The molecule has 0 spiro atoms. The van der Waals surface area contributed by atoms with Gasteiger partial charge in [0, 0.05) is 17.7 Å². The molecule has 6 heteroatoms. The van der Waals surface area contributed by atoms with Crippen LogP contribution in [0, 0.1) is 0 Å². The molecule has 0 saturated carbocycles. The molecule has 2 heterocycles. The van der Waals surface area contributed by atoms with E-state index in [1.165, 1.54) is 11.3 Å². The van der Waals surface area contributed by atoms with Gasteiger partial charge in [-0.05, 0) is 23.3 Å². The van der Waals surface area contributed by atoms with Crippen molar-refractivity contribution >= 4 is 32.6 Å². The molecule has 1 aliphatic heterocycles. The Kier molecular flexibility index (Phi) is 3.76. The maximum absolute atomic E-state index is 12.5. The van der Waals surface area contributed by atoms with Crippen molar-refractivity contribution in [1.82, 2.24) is 4.98 Å². The van der Waals surface area contributed by atoms with Crippen LogP contribution in [0.25, 0.3) is 21.3 Å². The Morgan fingerprint density at radius 1 is 0.926 bits per heavy atom. The summed E-state index contributed by atoms with van der Waals surface area (Å²) in [5.74, 6) is 1.21. The van der Waals surface area contributed by atoms with E-state index in [0.29, 0.717) is 22.2 Å². The Labute approximate surface area is 159 Å². The van der Waals surface area contributed by atoms with Gasteiger partial charge in [0.15, 0.2) is 16.6 Å². The monoisotopic (exact) mass is 374 g/mol. The van der Waals surface area contributed by atoms with Crippen LogP contribution in [0.15, 0.2) is 66.7 Å². The van der Waals surface area contributed by atoms with Crippen LogP contribution in [0.3, 0.4) is 0 Å². The first-order valence-electron chi connectivity index (χ1n) is 8.43. The summed E-state index contributed by atoms with van der Waals surface area (Å²) in [6.07, 6.45) is 0. The molecule has 5 rings (SSSR count). The minimum absolute atomic E-state index is 0.186. The Bertz CT molecular complexity index is 1100. The molecule has 1 aliphatic rings. The van der Waals surface area contributed by atoms with Crippen LogP contribution in [0.5, 0.6) is 11.5 Å². The Morgan fingerprint density at radius 3 is 2.41 bits per heavy atom. The van der Waals surface area contributed by atoms with Crippen molar-refractivity contribution in [3.63, 3.8) is 0 Å². The first-order valence-corrected chi connectivity index (χ1v) is 9.25. The molecule has 0 atom stereocenters. The van der Waals surface area contributed by atoms with Crippen molar-refractivity contribution in [2.75, 3.05) is 12.1 Å². The summed E-state index contributed by atoms with van der Waals surface area (Å²) in [4.78, 5) is 17.0. The lowest BCUT2D eigenvalue weighted by atomic mass is 10.0. The van der Waals surface area contributed by atoms with Crippen molar-refractivity contribution < 1.29 is 14.3 Å². The van der Waals surface area contributed by atoms with Gasteiger partial charge in [-0.15, -0.1) is 0 Å². The van der Waals surface area contributed by atoms with E-state index >= 15 is 0 Å². The van der Waals surface area contributed by atoms with Gasteiger partial charge in [-0.2, -0.15) is 0 Å². The number of carbonyl (C=O) groups excluding carboxylic acids is 1. The van der Waals surface area contributed by atoms with Gasteiger partial charge in [0.1, 0.15) is 0 Å². The molecule has 3 aromatic carbocycles. The molecule has 0 radical (unpaired) electrons. The molecule has 1 N–H and O–H groups in total. The van der Waals surface area contributed by atoms with Crippen molar-refractivity contribution in [3.8, 4) is 22.6 Å². The number of thiazole rings is 1. The van der Waals surface area contributed by atoms with Crippen LogP contribution in [0.2, 0.25) is 0 Å². The van der Waals surface area contributed by atoms with Gasteiger partial charge in [0.05, 0.1) is 10.2 Å². The van der Waals surface area contributed by atoms with E-state index in [1.807, 2.05) is 66.7 Å². The zero-order valence-corrected chi connectivity index (χ0v) is 15.0. The van der Waals surface area contributed by atoms with E-state index < -0.39 is 0 Å². The van der Waals surface area contributed by atoms with Gasteiger partial charge < -0.3 is 9.47 Å². The lowest BCUT2D eigenvalue weighted by molar-refractivity contribution is 0.102. The Hall–Kier alpha value is -3.38. The van der Waals surface area contributed by atoms with Crippen LogP contribution in [-0.2, 0) is 0 Å². The van der Waals surface area contributed by atoms with E-state index in [-0.39, 0.29) is 12.7 Å². The van der Waals surface area contributed by atoms with Gasteiger partial charge in [-0.1, -0.05) is 53.8 Å². The van der Waals surface area contributed by atoms with Crippen molar-refractivity contribution in [2.45, 2.75) is 0 Å². The summed E-state index contributed by atoms with van der Waals surface area (Å²) in [5.41, 5.74) is 3.55. The predicted molar refractivity (Wildman–Crippen MR) is 106 cm³/mol. The summed E-state index contributed by atoms with van der Waals surface area (Å²) in [7, 11) is 0. The van der Waals surface area contributed by atoms with Gasteiger partial charge >= 0.3 is 0 Å². The molecule has 0 saturated heterocycles. The van der Waals surface area contributed by atoms with Crippen LogP contribution < -0.4 is 14.8 Å². The lowest BCUT2D eigenvalue weighted by Crippen LogP contribution is -2.11. The summed E-state index contributed by atoms with van der Waals surface area (Å²) < 4.78 is 11.7. The van der Waals surface area contributed by atoms with Crippen LogP contribution in [-0.4, -0.2) is 17.7 Å². The second-order valence-corrected chi connectivity index (χ2v) is 7.12. The number of aromatic nitrogens is 1. The van der Waals surface area contributed by atoms with E-state index in [1.54, 1.807) is 0 Å². The van der Waals surface area contributed by atoms with Crippen molar-refractivity contribution in [2.24, 2.45) is 0 Å². The molecule has 0 unspecified atom stereocenters. The maximum Gasteiger partial charge on any atom is 0.257 e. The van der Waals surface area contributed by atoms with Gasteiger partial charge in [0.2, 0.25) is 6.79 Å². The number of anilines is 1. The van der Waals surface area contributed by atoms with Crippen LogP contribution >= 0.6 is 11.3 Å². The average Bonchev–Trinajstić information content (AvgIpc) is 3.32. The maximum atomic E-state index is 12.5. The number of nitrogens with zero attached hydrogens (tertiary/aromatic N) is 1. The molecule has 27 heavy (non-hydrogen) atoms. The number of fused-ring (bicyclic) bond motifs is 2. The van der Waals surface area contributed by atoms with Gasteiger partial charge in [0.25, 0.3) is 5.91 Å². The van der Waals surface area contributed by atoms with E-state index in [4.69, 9.17) is 9.47 Å². The minimum atomic E-state index is -0.186. The number of hydrogen-bond donors (Lipinski definition) is 1. The third-order valence-corrected chi connectivity index (χ3v) is 5.29. The number of ether oxygens (including phenoxy) is 2. The highest BCUT2D eigenvalue weighted by Crippen LogP contribution is 2.39. The molecular weight excluding hydrogens is 360 g/mol. The van der Waals surface area contributed by atoms with Crippen LogP contribution in [0.1, 0.15) is 10.4 Å². The van der Waals surface area contributed by atoms with Gasteiger partial charge in [-0.25, -0.2) is 4.98 Å². The molecule has 0 bridgehead atoms. The molecule has 4 aromatic rings. The first-order chi connectivity index (χ1) is 13.3. The molecule has 0 aliphatic carbocycles. The molecule has 5 nitrogen and oxygen atoms in total. The predicted octanol–water partition coefficient (Wildman–Crippen LogP) is 4.94. The molecule has 0 fully saturated rings. The highest BCUT2D eigenvalue weighted by atomic mass is 32.1. The van der Waals surface area contributed by atoms with E-state index in [9.17, 15) is 4.79 Å². The largest absolute Gasteiger partial charge is 0.454 e. The summed E-state index contributed by atoms with van der Waals surface area (Å²) in [6.45, 7) is 0.231. The SMILES string of the molecule is O=C(Nc1nc2cc3c(cc2s1)OCO3)c1ccc(-c2ccccc2)cc1. The number of nitrogens with one attached hydrogen (secondary N) is 1. The lowest BCUT2D eigenvalue weighted by Gasteiger charge is -2.04. The minimum Gasteiger partial charge on any atom is -0.454 e. The molecular formula is C21H14N2O3S. The number of amides is 1. The van der Waals surface area contributed by atoms with Crippen molar-refractivity contribution in [1.29, 1.82) is 0 Å². The highest BCUT2D eigenvalue weighted by Gasteiger charge is 2.17. The number of carbonyl (C=O) groups is 1. The Balaban J connectivity index is 1.36. The summed E-state index contributed by atoms with van der Waals surface area (Å²) in [6, 6.07) is 21.3. The normalized spacial score (nSPS) is 12.3. The summed E-state index contributed by atoms with van der Waals surface area (Å²) >= 11 is 1.41. The average molecular weight is 374 g/mol. The zero-order valence-electron chi connectivity index (χ0n) is 14.1. The van der Waals surface area contributed by atoms with Crippen molar-refractivity contribution in [3.05, 3.63) is 72.3 Å². The molecule has 1 amide bonds. The fourth-order valence-electron chi connectivity index (χ4n) is 2.99. The molecule has 1 aromatic heterocycles. The van der Waals surface area contributed by atoms with E-state index in [0.717, 1.165) is 21.3 Å². The standard InChI is InChI=1S/C21H14N2O3S/c24-20(15-8-6-14(7-9-15)13-4-2-1-3-5-13)23-21-22-16-10-17-18(26-12-25-17)11-19(16)27-21/h1-11H,12H2,(H,22,23,24). The van der Waals surface area contributed by atoms with Gasteiger partial charge in [-0.3, -0.25) is 10.1 Å². The van der Waals surface area contributed by atoms with Crippen LogP contribution in [0.4, 0.5) is 5.13 Å². The third-order valence-electron chi connectivity index (χ3n) is 4.36. The number of benzene rings is 3. The second kappa shape index (κ2) is 6.41. The third kappa shape index (κ3) is 3.00. The fraction of sp³-hybridized carbons (Fsp3) is 0.0476.